The predicted octanol–water partition coefficient (Wildman–Crippen LogP) is 0.503. The Morgan fingerprint density at radius 3 is 2.74 bits per heavy atom. The van der Waals surface area contributed by atoms with Crippen LogP contribution in [0.25, 0.3) is 0 Å². The summed E-state index contributed by atoms with van der Waals surface area (Å²) in [5.74, 6) is 0.827. The van der Waals surface area contributed by atoms with Crippen molar-refractivity contribution < 1.29 is 9.59 Å². The molecule has 1 atom stereocenters. The number of carbonyl (C=O) groups excluding carboxylic acids is 2. The lowest BCUT2D eigenvalue weighted by molar-refractivity contribution is -0.143. The first-order chi connectivity index (χ1) is 9.22. The monoisotopic (exact) mass is 267 g/mol. The predicted molar refractivity (Wildman–Crippen MR) is 73.6 cm³/mol. The zero-order valence-electron chi connectivity index (χ0n) is 11.8. The highest BCUT2D eigenvalue weighted by Gasteiger charge is 2.31. The Hall–Kier alpha value is -1.10. The van der Waals surface area contributed by atoms with Crippen LogP contribution in [0, 0.1) is 5.92 Å². The third-order valence-electron chi connectivity index (χ3n) is 4.26. The van der Waals surface area contributed by atoms with Gasteiger partial charge >= 0.3 is 0 Å². The molecule has 2 saturated heterocycles. The number of nitrogens with one attached hydrogen (secondary N) is 2. The summed E-state index contributed by atoms with van der Waals surface area (Å²) in [5.41, 5.74) is 0. The van der Waals surface area contributed by atoms with Crippen molar-refractivity contribution in [2.24, 2.45) is 5.92 Å². The fourth-order valence-corrected chi connectivity index (χ4v) is 3.06. The first-order valence-corrected chi connectivity index (χ1v) is 7.50. The number of rotatable bonds is 4. The van der Waals surface area contributed by atoms with Crippen molar-refractivity contribution >= 4 is 11.8 Å². The Kier molecular flexibility index (Phi) is 5.19. The third-order valence-corrected chi connectivity index (χ3v) is 4.26. The molecule has 0 aromatic rings. The third kappa shape index (κ3) is 3.69. The van der Waals surface area contributed by atoms with Gasteiger partial charge in [-0.3, -0.25) is 9.59 Å². The van der Waals surface area contributed by atoms with Crippen LogP contribution in [0.15, 0.2) is 0 Å². The lowest BCUT2D eigenvalue weighted by Gasteiger charge is -2.35. The second kappa shape index (κ2) is 6.89. The zero-order chi connectivity index (χ0) is 13.7. The maximum Gasteiger partial charge on any atom is 0.242 e. The van der Waals surface area contributed by atoms with Gasteiger partial charge in [0, 0.05) is 19.5 Å². The molecule has 0 aromatic heterocycles. The highest BCUT2D eigenvalue weighted by Crippen LogP contribution is 2.19. The largest absolute Gasteiger partial charge is 0.353 e. The SMILES string of the molecule is CC[C@@H]1C(=O)NCCN1C(=O)CCC1CCNCC1. The number of piperidine rings is 1. The maximum atomic E-state index is 12.3. The quantitative estimate of drug-likeness (QED) is 0.780. The van der Waals surface area contributed by atoms with E-state index in [4.69, 9.17) is 0 Å². The molecule has 108 valence electrons. The molecule has 0 aliphatic carbocycles. The first kappa shape index (κ1) is 14.3. The molecule has 2 aliphatic heterocycles. The Bertz CT molecular complexity index is 327. The summed E-state index contributed by atoms with van der Waals surface area (Å²) in [7, 11) is 0. The Morgan fingerprint density at radius 1 is 1.32 bits per heavy atom. The minimum atomic E-state index is -0.255. The van der Waals surface area contributed by atoms with E-state index in [1.54, 1.807) is 4.90 Å². The molecule has 0 unspecified atom stereocenters. The highest BCUT2D eigenvalue weighted by atomic mass is 16.2. The molecule has 0 bridgehead atoms. The number of piperazine rings is 1. The molecule has 2 heterocycles. The molecular weight excluding hydrogens is 242 g/mol. The van der Waals surface area contributed by atoms with Crippen molar-refractivity contribution in [2.45, 2.75) is 45.1 Å². The van der Waals surface area contributed by atoms with Gasteiger partial charge in [-0.15, -0.1) is 0 Å². The van der Waals surface area contributed by atoms with Crippen LogP contribution in [-0.4, -0.2) is 48.9 Å². The van der Waals surface area contributed by atoms with Crippen molar-refractivity contribution in [1.82, 2.24) is 15.5 Å². The summed E-state index contributed by atoms with van der Waals surface area (Å²) in [5, 5.41) is 6.17. The number of carbonyl (C=O) groups is 2. The van der Waals surface area contributed by atoms with Gasteiger partial charge in [-0.1, -0.05) is 6.92 Å². The van der Waals surface area contributed by atoms with Gasteiger partial charge in [-0.25, -0.2) is 0 Å². The van der Waals surface area contributed by atoms with Crippen molar-refractivity contribution in [1.29, 1.82) is 0 Å². The summed E-state index contributed by atoms with van der Waals surface area (Å²) in [6.07, 6.45) is 4.60. The lowest BCUT2D eigenvalue weighted by atomic mass is 9.93. The van der Waals surface area contributed by atoms with E-state index in [1.165, 1.54) is 12.8 Å². The normalized spacial score (nSPS) is 25.2. The zero-order valence-corrected chi connectivity index (χ0v) is 11.8. The van der Waals surface area contributed by atoms with Crippen molar-refractivity contribution in [3.63, 3.8) is 0 Å². The molecule has 5 nitrogen and oxygen atoms in total. The number of amides is 2. The van der Waals surface area contributed by atoms with E-state index in [-0.39, 0.29) is 17.9 Å². The summed E-state index contributed by atoms with van der Waals surface area (Å²) in [4.78, 5) is 25.8. The highest BCUT2D eigenvalue weighted by molar-refractivity contribution is 5.88. The molecule has 2 aliphatic rings. The molecule has 0 aromatic carbocycles. The van der Waals surface area contributed by atoms with Crippen LogP contribution in [0.5, 0.6) is 0 Å². The van der Waals surface area contributed by atoms with Crippen LogP contribution in [-0.2, 0) is 9.59 Å². The number of hydrogen-bond acceptors (Lipinski definition) is 3. The molecule has 2 fully saturated rings. The van der Waals surface area contributed by atoms with Gasteiger partial charge in [-0.2, -0.15) is 0 Å². The molecule has 0 saturated carbocycles. The average molecular weight is 267 g/mol. The maximum absolute atomic E-state index is 12.3. The fraction of sp³-hybridized carbons (Fsp3) is 0.857. The van der Waals surface area contributed by atoms with Crippen LogP contribution < -0.4 is 10.6 Å². The van der Waals surface area contributed by atoms with Crippen molar-refractivity contribution in [2.75, 3.05) is 26.2 Å². The van der Waals surface area contributed by atoms with Gasteiger partial charge in [0.15, 0.2) is 0 Å². The van der Waals surface area contributed by atoms with E-state index in [9.17, 15) is 9.59 Å². The Balaban J connectivity index is 1.82. The minimum absolute atomic E-state index is 0.00367. The summed E-state index contributed by atoms with van der Waals surface area (Å²) in [6, 6.07) is -0.255. The van der Waals surface area contributed by atoms with E-state index in [0.717, 1.165) is 19.5 Å². The molecule has 2 rings (SSSR count). The van der Waals surface area contributed by atoms with Crippen molar-refractivity contribution in [3.8, 4) is 0 Å². The topological polar surface area (TPSA) is 61.4 Å². The van der Waals surface area contributed by atoms with Crippen LogP contribution >= 0.6 is 0 Å². The van der Waals surface area contributed by atoms with Gasteiger partial charge in [0.25, 0.3) is 0 Å². The molecule has 19 heavy (non-hydrogen) atoms. The van der Waals surface area contributed by atoms with Crippen LogP contribution in [0.2, 0.25) is 0 Å². The molecule has 0 radical (unpaired) electrons. The Labute approximate surface area is 115 Å². The molecular formula is C14H25N3O2. The smallest absolute Gasteiger partial charge is 0.242 e. The van der Waals surface area contributed by atoms with Gasteiger partial charge < -0.3 is 15.5 Å². The van der Waals surface area contributed by atoms with Crippen molar-refractivity contribution in [3.05, 3.63) is 0 Å². The standard InChI is InChI=1S/C14H25N3O2/c1-2-12-14(19)16-9-10-17(12)13(18)4-3-11-5-7-15-8-6-11/h11-12,15H,2-10H2,1H3,(H,16,19)/t12-/m1/s1. The molecule has 5 heteroatoms. The summed E-state index contributed by atoms with van der Waals surface area (Å²) < 4.78 is 0. The summed E-state index contributed by atoms with van der Waals surface area (Å²) in [6.45, 7) is 5.36. The van der Waals surface area contributed by atoms with E-state index >= 15 is 0 Å². The second-order valence-electron chi connectivity index (χ2n) is 5.53. The average Bonchev–Trinajstić information content (AvgIpc) is 2.45. The number of nitrogens with zero attached hydrogens (tertiary/aromatic N) is 1. The van der Waals surface area contributed by atoms with Crippen LogP contribution in [0.3, 0.4) is 0 Å². The molecule has 2 amide bonds. The minimum Gasteiger partial charge on any atom is -0.353 e. The van der Waals surface area contributed by atoms with E-state index in [2.05, 4.69) is 10.6 Å². The van der Waals surface area contributed by atoms with Gasteiger partial charge in [0.2, 0.25) is 11.8 Å². The van der Waals surface area contributed by atoms with E-state index in [1.807, 2.05) is 6.92 Å². The molecule has 2 N–H and O–H groups in total. The van der Waals surface area contributed by atoms with Gasteiger partial charge in [0.05, 0.1) is 0 Å². The summed E-state index contributed by atoms with van der Waals surface area (Å²) >= 11 is 0. The Morgan fingerprint density at radius 2 is 2.05 bits per heavy atom. The van der Waals surface area contributed by atoms with E-state index < -0.39 is 0 Å². The molecule has 0 spiro atoms. The second-order valence-corrected chi connectivity index (χ2v) is 5.53. The van der Waals surface area contributed by atoms with E-state index in [0.29, 0.717) is 31.8 Å². The van der Waals surface area contributed by atoms with Gasteiger partial charge in [-0.05, 0) is 44.7 Å². The lowest BCUT2D eigenvalue weighted by Crippen LogP contribution is -2.56. The first-order valence-electron chi connectivity index (χ1n) is 7.50. The van der Waals surface area contributed by atoms with Crippen LogP contribution in [0.4, 0.5) is 0 Å². The van der Waals surface area contributed by atoms with Crippen LogP contribution in [0.1, 0.15) is 39.0 Å². The number of hydrogen-bond donors (Lipinski definition) is 2. The van der Waals surface area contributed by atoms with Gasteiger partial charge in [0.1, 0.15) is 6.04 Å². The fourth-order valence-electron chi connectivity index (χ4n) is 3.06.